The third kappa shape index (κ3) is 10.6. The van der Waals surface area contributed by atoms with E-state index in [-0.39, 0.29) is 17.0 Å². The fourth-order valence-corrected chi connectivity index (χ4v) is 4.63. The minimum absolute atomic E-state index is 0. The van der Waals surface area contributed by atoms with Crippen molar-refractivity contribution in [3.05, 3.63) is 114 Å². The molecular formula is C37H47BrN8. The van der Waals surface area contributed by atoms with Crippen molar-refractivity contribution in [2.24, 2.45) is 20.4 Å². The van der Waals surface area contributed by atoms with Crippen molar-refractivity contribution < 1.29 is 21.5 Å². The van der Waals surface area contributed by atoms with Crippen LogP contribution in [0, 0.1) is 0 Å². The number of benzene rings is 4. The minimum Gasteiger partial charge on any atom is -1.00 e. The average Bonchev–Trinajstić information content (AvgIpc) is 3.03. The van der Waals surface area contributed by atoms with E-state index in [0.29, 0.717) is 0 Å². The number of halogens is 1. The van der Waals surface area contributed by atoms with Gasteiger partial charge in [0.15, 0.2) is 0 Å². The number of quaternary nitrogens is 1. The number of likely N-dealkylation sites (N-methyl/N-ethyl adjacent to an activating group) is 2. The van der Waals surface area contributed by atoms with Crippen molar-refractivity contribution in [1.82, 2.24) is 0 Å². The van der Waals surface area contributed by atoms with Crippen molar-refractivity contribution in [1.29, 1.82) is 0 Å². The highest BCUT2D eigenvalue weighted by molar-refractivity contribution is 6.13. The second-order valence-electron chi connectivity index (χ2n) is 12.5. The van der Waals surface area contributed by atoms with Crippen molar-refractivity contribution >= 4 is 40.4 Å². The zero-order chi connectivity index (χ0) is 32.4. The van der Waals surface area contributed by atoms with E-state index < -0.39 is 0 Å². The van der Waals surface area contributed by atoms with Crippen molar-refractivity contribution in [3.63, 3.8) is 0 Å². The van der Waals surface area contributed by atoms with Gasteiger partial charge < -0.3 is 36.2 Å². The molecule has 0 spiro atoms. The molecule has 0 unspecified atom stereocenters. The molecule has 242 valence electrons. The Morgan fingerprint density at radius 2 is 1.07 bits per heavy atom. The Morgan fingerprint density at radius 1 is 0.630 bits per heavy atom. The average molecular weight is 684 g/mol. The summed E-state index contributed by atoms with van der Waals surface area (Å²) in [4.78, 5) is 6.55. The monoisotopic (exact) mass is 682 g/mol. The first-order valence-corrected chi connectivity index (χ1v) is 15.4. The molecular weight excluding hydrogens is 636 g/mol. The van der Waals surface area contributed by atoms with E-state index in [1.54, 1.807) is 6.21 Å². The lowest BCUT2D eigenvalue weighted by Crippen LogP contribution is -3.00. The number of hydrogen-bond donors (Lipinski definition) is 0. The minimum atomic E-state index is 0. The van der Waals surface area contributed by atoms with Gasteiger partial charge in [0.1, 0.15) is 5.71 Å². The number of hydrogen-bond acceptors (Lipinski definition) is 7. The Bertz CT molecular complexity index is 1530. The molecule has 0 atom stereocenters. The van der Waals surface area contributed by atoms with Crippen LogP contribution >= 0.6 is 0 Å². The second-order valence-corrected chi connectivity index (χ2v) is 12.5. The van der Waals surface area contributed by atoms with Gasteiger partial charge in [-0.05, 0) is 73.2 Å². The summed E-state index contributed by atoms with van der Waals surface area (Å²) in [6, 6.07) is 32.8. The molecule has 8 nitrogen and oxygen atoms in total. The molecule has 9 heteroatoms. The summed E-state index contributed by atoms with van der Waals surface area (Å²) in [5, 5.41) is 18.0. The van der Waals surface area contributed by atoms with E-state index >= 15 is 0 Å². The summed E-state index contributed by atoms with van der Waals surface area (Å²) in [7, 11) is 14.8. The van der Waals surface area contributed by atoms with E-state index in [4.69, 9.17) is 0 Å². The summed E-state index contributed by atoms with van der Waals surface area (Å²) in [6.45, 7) is 5.25. The van der Waals surface area contributed by atoms with Gasteiger partial charge in [-0.2, -0.15) is 15.3 Å². The van der Waals surface area contributed by atoms with Gasteiger partial charge in [-0.1, -0.05) is 36.4 Å². The number of rotatable bonds is 13. The molecule has 0 amide bonds. The molecule has 0 radical (unpaired) electrons. The molecule has 46 heavy (non-hydrogen) atoms. The summed E-state index contributed by atoms with van der Waals surface area (Å²) in [5.41, 5.74) is 8.83. The van der Waals surface area contributed by atoms with Gasteiger partial charge in [0.25, 0.3) is 0 Å². The van der Waals surface area contributed by atoms with E-state index in [1.807, 2.05) is 64.6 Å². The van der Waals surface area contributed by atoms with Crippen LogP contribution in [-0.4, -0.2) is 85.4 Å². The lowest BCUT2D eigenvalue weighted by Gasteiger charge is -2.29. The van der Waals surface area contributed by atoms with Crippen LogP contribution in [0.1, 0.15) is 23.6 Å². The Balaban J connectivity index is 0.00000576. The molecule has 4 aromatic rings. The normalized spacial score (nSPS) is 11.4. The van der Waals surface area contributed by atoms with Gasteiger partial charge in [-0.3, -0.25) is 0 Å². The summed E-state index contributed by atoms with van der Waals surface area (Å²) in [5.74, 6) is 0. The standard InChI is InChI=1S/C37H47N8.BrH/c1-9-44(26-27-45(6,7)8)36-24-18-33(19-25-36)40-39-32-16-10-29(11-17-32)28-38-41-37(30-12-20-34(21-13-30)42(2)3)31-14-22-35(23-15-31)43(4)5;/h10-25,28H,9,26-27H2,1-8H3;1H/q+1;/p-1/b38-28+,40-39?;. The van der Waals surface area contributed by atoms with Crippen molar-refractivity contribution in [3.8, 4) is 0 Å². The van der Waals surface area contributed by atoms with E-state index in [0.717, 1.165) is 69.3 Å². The van der Waals surface area contributed by atoms with Gasteiger partial charge in [-0.15, -0.1) is 5.10 Å². The molecule has 4 aromatic carbocycles. The number of anilines is 3. The van der Waals surface area contributed by atoms with Gasteiger partial charge in [0.05, 0.1) is 51.8 Å². The summed E-state index contributed by atoms with van der Waals surface area (Å²) >= 11 is 0. The first-order chi connectivity index (χ1) is 21.5. The van der Waals surface area contributed by atoms with Crippen LogP contribution in [0.25, 0.3) is 0 Å². The largest absolute Gasteiger partial charge is 1.00 e. The highest BCUT2D eigenvalue weighted by atomic mass is 79.9. The SMILES string of the molecule is CCN(CC[N+](C)(C)C)c1ccc(N=Nc2ccc(/C=N/N=C(c3ccc(N(C)C)cc3)c3ccc(N(C)C)cc3)cc2)cc1.[Br-]. The summed E-state index contributed by atoms with van der Waals surface area (Å²) in [6.07, 6.45) is 1.76. The predicted octanol–water partition coefficient (Wildman–Crippen LogP) is 4.64. The Kier molecular flexibility index (Phi) is 13.2. The highest BCUT2D eigenvalue weighted by Crippen LogP contribution is 2.23. The van der Waals surface area contributed by atoms with Crippen LogP contribution in [0.15, 0.2) is 117 Å². The first-order valence-electron chi connectivity index (χ1n) is 15.4. The quantitative estimate of drug-likeness (QED) is 0.0894. The zero-order valence-corrected chi connectivity index (χ0v) is 30.0. The van der Waals surface area contributed by atoms with Crippen molar-refractivity contribution in [2.75, 3.05) is 83.7 Å². The van der Waals surface area contributed by atoms with Crippen molar-refractivity contribution in [2.45, 2.75) is 6.92 Å². The lowest BCUT2D eigenvalue weighted by atomic mass is 10.0. The molecule has 0 aromatic heterocycles. The summed E-state index contributed by atoms with van der Waals surface area (Å²) < 4.78 is 0.944. The van der Waals surface area contributed by atoms with Gasteiger partial charge in [0.2, 0.25) is 0 Å². The molecule has 0 bridgehead atoms. The Hall–Kier alpha value is -4.34. The molecule has 0 saturated heterocycles. The van der Waals surface area contributed by atoms with Crippen LogP contribution in [0.5, 0.6) is 0 Å². The van der Waals surface area contributed by atoms with E-state index in [2.05, 4.69) is 124 Å². The van der Waals surface area contributed by atoms with Crippen LogP contribution in [0.3, 0.4) is 0 Å². The molecule has 0 aliphatic carbocycles. The zero-order valence-electron chi connectivity index (χ0n) is 28.4. The first kappa shape index (κ1) is 36.1. The fraction of sp³-hybridized carbons (Fsp3) is 0.297. The van der Waals surface area contributed by atoms with Gasteiger partial charge >= 0.3 is 0 Å². The predicted molar refractivity (Wildman–Crippen MR) is 193 cm³/mol. The maximum atomic E-state index is 4.67. The fourth-order valence-electron chi connectivity index (χ4n) is 4.63. The van der Waals surface area contributed by atoms with Gasteiger partial charge in [0, 0.05) is 62.9 Å². The van der Waals surface area contributed by atoms with E-state index in [9.17, 15) is 0 Å². The van der Waals surface area contributed by atoms with Crippen LogP contribution in [0.4, 0.5) is 28.4 Å². The number of azo groups is 1. The maximum Gasteiger partial charge on any atom is 0.100 e. The number of nitrogens with zero attached hydrogens (tertiary/aromatic N) is 8. The molecule has 0 fully saturated rings. The van der Waals surface area contributed by atoms with Crippen LogP contribution in [-0.2, 0) is 0 Å². The molecule has 0 aliphatic heterocycles. The highest BCUT2D eigenvalue weighted by Gasteiger charge is 2.12. The Labute approximate surface area is 285 Å². The second kappa shape index (κ2) is 16.8. The topological polar surface area (TPSA) is 59.2 Å². The van der Waals surface area contributed by atoms with Gasteiger partial charge in [-0.25, -0.2) is 0 Å². The third-order valence-electron chi connectivity index (χ3n) is 7.49. The van der Waals surface area contributed by atoms with E-state index in [1.165, 1.54) is 5.69 Å². The molecule has 0 N–H and O–H groups in total. The van der Waals surface area contributed by atoms with Crippen LogP contribution < -0.4 is 31.7 Å². The smallest absolute Gasteiger partial charge is 0.100 e. The van der Waals surface area contributed by atoms with Crippen LogP contribution in [0.2, 0.25) is 0 Å². The Morgan fingerprint density at radius 3 is 1.48 bits per heavy atom. The molecule has 4 rings (SSSR count). The molecule has 0 saturated carbocycles. The molecule has 0 heterocycles. The molecule has 0 aliphatic rings. The third-order valence-corrected chi connectivity index (χ3v) is 7.49. The maximum absolute atomic E-state index is 4.67. The lowest BCUT2D eigenvalue weighted by molar-refractivity contribution is -0.868.